The van der Waals surface area contributed by atoms with Crippen LogP contribution in [0.3, 0.4) is 0 Å². The van der Waals surface area contributed by atoms with E-state index in [2.05, 4.69) is 18.7 Å². The molecule has 80 valence electrons. The van der Waals surface area contributed by atoms with Gasteiger partial charge in [0, 0.05) is 26.2 Å². The van der Waals surface area contributed by atoms with E-state index in [0.717, 1.165) is 26.2 Å². The summed E-state index contributed by atoms with van der Waals surface area (Å²) in [6.07, 6.45) is 2.39. The summed E-state index contributed by atoms with van der Waals surface area (Å²) < 4.78 is 0. The van der Waals surface area contributed by atoms with Crippen molar-refractivity contribution in [3.8, 4) is 0 Å². The average Bonchev–Trinajstić information content (AvgIpc) is 2.67. The third-order valence-corrected chi connectivity index (χ3v) is 3.02. The molecule has 0 aromatic heterocycles. The SMILES string of the molecule is CC(C)CN1CC1C(=O)N1CCCC1. The fraction of sp³-hybridized carbons (Fsp3) is 0.909. The third kappa shape index (κ3) is 2.08. The first-order chi connectivity index (χ1) is 6.68. The van der Waals surface area contributed by atoms with Gasteiger partial charge in [0.1, 0.15) is 6.04 Å². The molecule has 0 aromatic carbocycles. The van der Waals surface area contributed by atoms with Gasteiger partial charge in [-0.2, -0.15) is 0 Å². The van der Waals surface area contributed by atoms with Crippen molar-refractivity contribution in [3.63, 3.8) is 0 Å². The van der Waals surface area contributed by atoms with Crippen molar-refractivity contribution in [1.29, 1.82) is 0 Å². The minimum atomic E-state index is 0.232. The molecule has 0 aromatic rings. The van der Waals surface area contributed by atoms with E-state index >= 15 is 0 Å². The van der Waals surface area contributed by atoms with Crippen LogP contribution in [0.15, 0.2) is 0 Å². The summed E-state index contributed by atoms with van der Waals surface area (Å²) in [5.74, 6) is 1.05. The minimum Gasteiger partial charge on any atom is -0.341 e. The third-order valence-electron chi connectivity index (χ3n) is 3.02. The van der Waals surface area contributed by atoms with E-state index in [1.807, 2.05) is 4.90 Å². The molecule has 14 heavy (non-hydrogen) atoms. The highest BCUT2D eigenvalue weighted by Crippen LogP contribution is 2.23. The molecule has 3 nitrogen and oxygen atoms in total. The first-order valence-corrected chi connectivity index (χ1v) is 5.71. The lowest BCUT2D eigenvalue weighted by molar-refractivity contribution is -0.130. The van der Waals surface area contributed by atoms with Gasteiger partial charge in [-0.15, -0.1) is 0 Å². The molecule has 2 unspecified atom stereocenters. The van der Waals surface area contributed by atoms with Crippen LogP contribution in [-0.4, -0.2) is 47.9 Å². The van der Waals surface area contributed by atoms with E-state index < -0.39 is 0 Å². The highest BCUT2D eigenvalue weighted by molar-refractivity contribution is 5.85. The molecule has 0 aliphatic carbocycles. The van der Waals surface area contributed by atoms with Crippen molar-refractivity contribution < 1.29 is 4.79 Å². The normalized spacial score (nSPS) is 31.2. The fourth-order valence-electron chi connectivity index (χ4n) is 2.23. The first-order valence-electron chi connectivity index (χ1n) is 5.71. The zero-order chi connectivity index (χ0) is 10.1. The van der Waals surface area contributed by atoms with Crippen LogP contribution in [-0.2, 0) is 4.79 Å². The zero-order valence-electron chi connectivity index (χ0n) is 9.20. The van der Waals surface area contributed by atoms with Gasteiger partial charge in [0.05, 0.1) is 0 Å². The van der Waals surface area contributed by atoms with Crippen LogP contribution < -0.4 is 0 Å². The van der Waals surface area contributed by atoms with E-state index in [4.69, 9.17) is 0 Å². The molecule has 2 heterocycles. The zero-order valence-corrected chi connectivity index (χ0v) is 9.20. The Kier molecular flexibility index (Phi) is 2.77. The lowest BCUT2D eigenvalue weighted by Gasteiger charge is -2.15. The molecule has 2 saturated heterocycles. The molecule has 3 heteroatoms. The van der Waals surface area contributed by atoms with Gasteiger partial charge in [0.2, 0.25) is 5.91 Å². The molecule has 0 spiro atoms. The summed E-state index contributed by atoms with van der Waals surface area (Å²) in [5, 5.41) is 0. The molecular weight excluding hydrogens is 176 g/mol. The molecule has 1 amide bonds. The van der Waals surface area contributed by atoms with Gasteiger partial charge in [0.15, 0.2) is 0 Å². The largest absolute Gasteiger partial charge is 0.341 e. The van der Waals surface area contributed by atoms with Crippen molar-refractivity contribution in [2.45, 2.75) is 32.7 Å². The summed E-state index contributed by atoms with van der Waals surface area (Å²) in [5.41, 5.74) is 0. The van der Waals surface area contributed by atoms with Crippen molar-refractivity contribution in [2.24, 2.45) is 5.92 Å². The Hall–Kier alpha value is -0.570. The number of likely N-dealkylation sites (tertiary alicyclic amines) is 1. The molecule has 2 atom stereocenters. The van der Waals surface area contributed by atoms with Crippen molar-refractivity contribution in [1.82, 2.24) is 9.80 Å². The maximum atomic E-state index is 11.9. The van der Waals surface area contributed by atoms with Crippen molar-refractivity contribution in [2.75, 3.05) is 26.2 Å². The minimum absolute atomic E-state index is 0.232. The molecule has 0 N–H and O–H groups in total. The highest BCUT2D eigenvalue weighted by atomic mass is 16.2. The number of carbonyl (C=O) groups is 1. The van der Waals surface area contributed by atoms with Gasteiger partial charge in [-0.25, -0.2) is 0 Å². The standard InChI is InChI=1S/C11H20N2O/c1-9(2)7-13-8-10(13)11(14)12-5-3-4-6-12/h9-10H,3-8H2,1-2H3. The molecule has 0 radical (unpaired) electrons. The van der Waals surface area contributed by atoms with E-state index in [-0.39, 0.29) is 6.04 Å². The van der Waals surface area contributed by atoms with Crippen LogP contribution in [0.4, 0.5) is 0 Å². The predicted octanol–water partition coefficient (Wildman–Crippen LogP) is 0.949. The number of carbonyl (C=O) groups excluding carboxylic acids is 1. The first kappa shape index (κ1) is 9.97. The molecule has 0 saturated carbocycles. The van der Waals surface area contributed by atoms with Crippen LogP contribution in [0, 0.1) is 5.92 Å². The van der Waals surface area contributed by atoms with Crippen molar-refractivity contribution in [3.05, 3.63) is 0 Å². The van der Waals surface area contributed by atoms with Gasteiger partial charge < -0.3 is 4.90 Å². The Morgan fingerprint density at radius 1 is 1.36 bits per heavy atom. The van der Waals surface area contributed by atoms with Crippen LogP contribution in [0.5, 0.6) is 0 Å². The molecule has 2 aliphatic rings. The molecule has 2 aliphatic heterocycles. The summed E-state index contributed by atoms with van der Waals surface area (Å²) in [7, 11) is 0. The maximum absolute atomic E-state index is 11.9. The molecule has 0 bridgehead atoms. The second kappa shape index (κ2) is 3.89. The Labute approximate surface area is 86.1 Å². The van der Waals surface area contributed by atoms with Crippen LogP contribution in [0.1, 0.15) is 26.7 Å². The smallest absolute Gasteiger partial charge is 0.241 e. The lowest BCUT2D eigenvalue weighted by atomic mass is 10.2. The second-order valence-corrected chi connectivity index (χ2v) is 4.90. The Bertz CT molecular complexity index is 221. The summed E-state index contributed by atoms with van der Waals surface area (Å²) in [6, 6.07) is 0.232. The van der Waals surface area contributed by atoms with E-state index in [1.54, 1.807) is 0 Å². The molecule has 2 rings (SSSR count). The lowest BCUT2D eigenvalue weighted by Crippen LogP contribution is -2.33. The number of hydrogen-bond donors (Lipinski definition) is 0. The number of rotatable bonds is 3. The van der Waals surface area contributed by atoms with Crippen LogP contribution in [0.25, 0.3) is 0 Å². The van der Waals surface area contributed by atoms with E-state index in [9.17, 15) is 4.79 Å². The fourth-order valence-corrected chi connectivity index (χ4v) is 2.23. The molecular formula is C11H20N2O. The van der Waals surface area contributed by atoms with Gasteiger partial charge in [-0.05, 0) is 18.8 Å². The summed E-state index contributed by atoms with van der Waals surface area (Å²) >= 11 is 0. The van der Waals surface area contributed by atoms with E-state index in [1.165, 1.54) is 12.8 Å². The number of nitrogens with zero attached hydrogens (tertiary/aromatic N) is 2. The maximum Gasteiger partial charge on any atom is 0.241 e. The Morgan fingerprint density at radius 2 is 2.00 bits per heavy atom. The Balaban J connectivity index is 1.78. The van der Waals surface area contributed by atoms with Gasteiger partial charge >= 0.3 is 0 Å². The van der Waals surface area contributed by atoms with Crippen LogP contribution in [0.2, 0.25) is 0 Å². The topological polar surface area (TPSA) is 23.3 Å². The quantitative estimate of drug-likeness (QED) is 0.627. The predicted molar refractivity (Wildman–Crippen MR) is 56.0 cm³/mol. The summed E-state index contributed by atoms with van der Waals surface area (Å²) in [6.45, 7) is 8.46. The number of hydrogen-bond acceptors (Lipinski definition) is 2. The number of amides is 1. The van der Waals surface area contributed by atoms with Gasteiger partial charge in [0.25, 0.3) is 0 Å². The van der Waals surface area contributed by atoms with E-state index in [0.29, 0.717) is 11.8 Å². The van der Waals surface area contributed by atoms with Gasteiger partial charge in [-0.3, -0.25) is 9.69 Å². The Morgan fingerprint density at radius 3 is 2.57 bits per heavy atom. The monoisotopic (exact) mass is 196 g/mol. The highest BCUT2D eigenvalue weighted by Gasteiger charge is 2.42. The van der Waals surface area contributed by atoms with Crippen LogP contribution >= 0.6 is 0 Å². The van der Waals surface area contributed by atoms with Crippen molar-refractivity contribution >= 4 is 5.91 Å². The average molecular weight is 196 g/mol. The molecule has 2 fully saturated rings. The summed E-state index contributed by atoms with van der Waals surface area (Å²) in [4.78, 5) is 16.2. The second-order valence-electron chi connectivity index (χ2n) is 4.90. The van der Waals surface area contributed by atoms with Gasteiger partial charge in [-0.1, -0.05) is 13.8 Å².